The van der Waals surface area contributed by atoms with Crippen molar-refractivity contribution in [2.75, 3.05) is 11.1 Å². The number of carbonyl (C=O) groups is 2. The number of benzene rings is 1. The molecule has 2 aromatic rings. The molecule has 0 saturated heterocycles. The van der Waals surface area contributed by atoms with Crippen LogP contribution >= 0.6 is 11.3 Å². The number of rotatable bonds is 4. The van der Waals surface area contributed by atoms with Crippen LogP contribution in [0.1, 0.15) is 16.1 Å². The Hall–Kier alpha value is -2.41. The Morgan fingerprint density at radius 3 is 2.47 bits per heavy atom. The largest absolute Gasteiger partial charge is 0.375 e. The Labute approximate surface area is 113 Å². The molecule has 98 valence electrons. The van der Waals surface area contributed by atoms with E-state index in [1.54, 1.807) is 29.6 Å². The third kappa shape index (κ3) is 3.52. The van der Waals surface area contributed by atoms with Gasteiger partial charge in [-0.3, -0.25) is 9.59 Å². The number of nitrogens with one attached hydrogen (secondary N) is 1. The predicted molar refractivity (Wildman–Crippen MR) is 73.8 cm³/mol. The summed E-state index contributed by atoms with van der Waals surface area (Å²) in [4.78, 5) is 26.4. The van der Waals surface area contributed by atoms with Crippen molar-refractivity contribution >= 4 is 34.0 Å². The number of nitrogens with two attached hydrogens (primary N) is 2. The first-order chi connectivity index (χ1) is 9.04. The SMILES string of the molecule is NC(=O)Cc1ccc(NC(=O)c2csc(N)n2)cc1. The molecule has 6 nitrogen and oxygen atoms in total. The first-order valence-electron chi connectivity index (χ1n) is 5.44. The minimum absolute atomic E-state index is 0.177. The fourth-order valence-corrected chi connectivity index (χ4v) is 2.04. The van der Waals surface area contributed by atoms with E-state index in [2.05, 4.69) is 10.3 Å². The molecule has 1 aromatic heterocycles. The third-order valence-corrected chi connectivity index (χ3v) is 3.02. The zero-order chi connectivity index (χ0) is 13.8. The summed E-state index contributed by atoms with van der Waals surface area (Å²) in [6, 6.07) is 6.86. The van der Waals surface area contributed by atoms with Gasteiger partial charge in [0.25, 0.3) is 5.91 Å². The third-order valence-electron chi connectivity index (χ3n) is 2.34. The lowest BCUT2D eigenvalue weighted by Crippen LogP contribution is -2.14. The van der Waals surface area contributed by atoms with E-state index in [0.717, 1.165) is 5.56 Å². The molecule has 5 N–H and O–H groups in total. The Bertz CT molecular complexity index is 606. The molecule has 0 saturated carbocycles. The Kier molecular flexibility index (Phi) is 3.76. The minimum atomic E-state index is -0.394. The van der Waals surface area contributed by atoms with Gasteiger partial charge in [0.2, 0.25) is 5.91 Å². The molecule has 0 spiro atoms. The van der Waals surface area contributed by atoms with Crippen LogP contribution in [0, 0.1) is 0 Å². The van der Waals surface area contributed by atoms with Crippen molar-refractivity contribution in [3.05, 3.63) is 40.9 Å². The number of aromatic nitrogens is 1. The highest BCUT2D eigenvalue weighted by molar-refractivity contribution is 7.13. The summed E-state index contributed by atoms with van der Waals surface area (Å²) in [6.07, 6.45) is 0.177. The van der Waals surface area contributed by atoms with Crippen LogP contribution < -0.4 is 16.8 Å². The van der Waals surface area contributed by atoms with Crippen LogP contribution in [0.25, 0.3) is 0 Å². The van der Waals surface area contributed by atoms with Crippen LogP contribution in [0.2, 0.25) is 0 Å². The Morgan fingerprint density at radius 1 is 1.26 bits per heavy atom. The number of amides is 2. The Balaban J connectivity index is 2.03. The number of hydrogen-bond donors (Lipinski definition) is 3. The summed E-state index contributed by atoms with van der Waals surface area (Å²) in [7, 11) is 0. The van der Waals surface area contributed by atoms with Gasteiger partial charge in [0.05, 0.1) is 6.42 Å². The highest BCUT2D eigenvalue weighted by Gasteiger charge is 2.09. The van der Waals surface area contributed by atoms with Crippen LogP contribution in [0.4, 0.5) is 10.8 Å². The quantitative estimate of drug-likeness (QED) is 0.773. The number of thiazole rings is 1. The second-order valence-corrected chi connectivity index (χ2v) is 4.75. The molecule has 0 unspecified atom stereocenters. The molecule has 0 aliphatic carbocycles. The van der Waals surface area contributed by atoms with E-state index < -0.39 is 5.91 Å². The summed E-state index contributed by atoms with van der Waals surface area (Å²) in [5.41, 5.74) is 12.2. The molecule has 0 radical (unpaired) electrons. The lowest BCUT2D eigenvalue weighted by atomic mass is 10.1. The van der Waals surface area contributed by atoms with Crippen molar-refractivity contribution in [3.8, 4) is 0 Å². The first-order valence-corrected chi connectivity index (χ1v) is 6.32. The number of nitrogen functional groups attached to an aromatic ring is 1. The molecule has 19 heavy (non-hydrogen) atoms. The van der Waals surface area contributed by atoms with E-state index in [0.29, 0.717) is 10.8 Å². The van der Waals surface area contributed by atoms with Crippen molar-refractivity contribution in [3.63, 3.8) is 0 Å². The monoisotopic (exact) mass is 276 g/mol. The fourth-order valence-electron chi connectivity index (χ4n) is 1.49. The summed E-state index contributed by atoms with van der Waals surface area (Å²) >= 11 is 1.21. The fraction of sp³-hybridized carbons (Fsp3) is 0.0833. The second kappa shape index (κ2) is 5.49. The smallest absolute Gasteiger partial charge is 0.275 e. The normalized spacial score (nSPS) is 10.1. The molecule has 1 heterocycles. The molecule has 7 heteroatoms. The van der Waals surface area contributed by atoms with Crippen LogP contribution in [-0.2, 0) is 11.2 Å². The van der Waals surface area contributed by atoms with Crippen molar-refractivity contribution in [2.24, 2.45) is 5.73 Å². The summed E-state index contributed by atoms with van der Waals surface area (Å²) < 4.78 is 0. The number of primary amides is 1. The van der Waals surface area contributed by atoms with Crippen LogP contribution in [0.5, 0.6) is 0 Å². The number of anilines is 2. The minimum Gasteiger partial charge on any atom is -0.375 e. The van der Waals surface area contributed by atoms with Gasteiger partial charge >= 0.3 is 0 Å². The molecule has 0 fully saturated rings. The van der Waals surface area contributed by atoms with Gasteiger partial charge in [-0.1, -0.05) is 12.1 Å². The van der Waals surface area contributed by atoms with E-state index >= 15 is 0 Å². The number of carbonyl (C=O) groups excluding carboxylic acids is 2. The molecule has 0 atom stereocenters. The Morgan fingerprint density at radius 2 is 1.95 bits per heavy atom. The standard InChI is InChI=1S/C12H12N4O2S/c13-10(17)5-7-1-3-8(4-2-7)15-11(18)9-6-19-12(14)16-9/h1-4,6H,5H2,(H2,13,17)(H2,14,16)(H,15,18). The molecular weight excluding hydrogens is 264 g/mol. The molecule has 1 aromatic carbocycles. The van der Waals surface area contributed by atoms with Gasteiger partial charge in [-0.25, -0.2) is 4.98 Å². The zero-order valence-electron chi connectivity index (χ0n) is 9.92. The second-order valence-electron chi connectivity index (χ2n) is 3.87. The van der Waals surface area contributed by atoms with Gasteiger partial charge in [-0.05, 0) is 17.7 Å². The van der Waals surface area contributed by atoms with Crippen LogP contribution in [-0.4, -0.2) is 16.8 Å². The van der Waals surface area contributed by atoms with E-state index in [1.165, 1.54) is 11.3 Å². The highest BCUT2D eigenvalue weighted by atomic mass is 32.1. The van der Waals surface area contributed by atoms with Gasteiger partial charge in [0, 0.05) is 11.1 Å². The van der Waals surface area contributed by atoms with Gasteiger partial charge in [0.1, 0.15) is 5.69 Å². The summed E-state index contributed by atoms with van der Waals surface area (Å²) in [5.74, 6) is -0.717. The van der Waals surface area contributed by atoms with Crippen LogP contribution in [0.3, 0.4) is 0 Å². The predicted octanol–water partition coefficient (Wildman–Crippen LogP) is 1.01. The first kappa shape index (κ1) is 13.0. The maximum Gasteiger partial charge on any atom is 0.275 e. The summed E-state index contributed by atoms with van der Waals surface area (Å²) in [6.45, 7) is 0. The van der Waals surface area contributed by atoms with Crippen molar-refractivity contribution < 1.29 is 9.59 Å². The average molecular weight is 276 g/mol. The van der Waals surface area contributed by atoms with Crippen molar-refractivity contribution in [1.29, 1.82) is 0 Å². The molecule has 2 rings (SSSR count). The topological polar surface area (TPSA) is 111 Å². The molecule has 0 bridgehead atoms. The molecule has 2 amide bonds. The van der Waals surface area contributed by atoms with E-state index in [9.17, 15) is 9.59 Å². The van der Waals surface area contributed by atoms with E-state index in [4.69, 9.17) is 11.5 Å². The van der Waals surface area contributed by atoms with Crippen LogP contribution in [0.15, 0.2) is 29.6 Å². The van der Waals surface area contributed by atoms with Crippen molar-refractivity contribution in [2.45, 2.75) is 6.42 Å². The van der Waals surface area contributed by atoms with E-state index in [1.807, 2.05) is 0 Å². The van der Waals surface area contributed by atoms with E-state index in [-0.39, 0.29) is 18.0 Å². The van der Waals surface area contributed by atoms with Gasteiger partial charge in [-0.15, -0.1) is 11.3 Å². The van der Waals surface area contributed by atoms with Gasteiger partial charge < -0.3 is 16.8 Å². The van der Waals surface area contributed by atoms with Gasteiger partial charge in [-0.2, -0.15) is 0 Å². The average Bonchev–Trinajstić information content (AvgIpc) is 2.78. The molecular formula is C12H12N4O2S. The zero-order valence-corrected chi connectivity index (χ0v) is 10.7. The number of hydrogen-bond acceptors (Lipinski definition) is 5. The molecule has 0 aliphatic heterocycles. The lowest BCUT2D eigenvalue weighted by molar-refractivity contribution is -0.117. The molecule has 0 aliphatic rings. The van der Waals surface area contributed by atoms with Gasteiger partial charge in [0.15, 0.2) is 5.13 Å². The summed E-state index contributed by atoms with van der Waals surface area (Å²) in [5, 5.41) is 4.62. The van der Waals surface area contributed by atoms with Crippen molar-refractivity contribution in [1.82, 2.24) is 4.98 Å². The highest BCUT2D eigenvalue weighted by Crippen LogP contribution is 2.14. The maximum atomic E-state index is 11.8. The lowest BCUT2D eigenvalue weighted by Gasteiger charge is -2.04. The maximum absolute atomic E-state index is 11.8. The number of nitrogens with zero attached hydrogens (tertiary/aromatic N) is 1.